The van der Waals surface area contributed by atoms with Crippen molar-refractivity contribution in [2.75, 3.05) is 6.54 Å². The maximum Gasteiger partial charge on any atom is 0.0636 e. The number of hydrogen-bond donors (Lipinski definition) is 2. The number of aliphatic hydroxyl groups is 1. The van der Waals surface area contributed by atoms with Crippen LogP contribution in [0.3, 0.4) is 0 Å². The molecule has 1 heterocycles. The van der Waals surface area contributed by atoms with E-state index < -0.39 is 0 Å². The molecule has 2 N–H and O–H groups in total. The van der Waals surface area contributed by atoms with E-state index in [0.29, 0.717) is 6.54 Å². The first-order valence-corrected chi connectivity index (χ1v) is 7.49. The normalized spacial score (nSPS) is 12.6. The zero-order chi connectivity index (χ0) is 13.0. The molecule has 1 aromatic carbocycles. The molecule has 1 aromatic heterocycles. The van der Waals surface area contributed by atoms with Crippen LogP contribution in [0.5, 0.6) is 0 Å². The molecule has 18 heavy (non-hydrogen) atoms. The van der Waals surface area contributed by atoms with Gasteiger partial charge in [-0.05, 0) is 36.8 Å². The third-order valence-electron chi connectivity index (χ3n) is 2.53. The minimum atomic E-state index is -0.295. The standard InChI is InChI=1S/C14H16BrNOS/c1-10(17)8-16-9-13-6-7-14(18-13)11-2-4-12(15)5-3-11/h2-7,10,16-17H,8-9H2,1H3. The number of thiophene rings is 1. The molecule has 2 rings (SSSR count). The number of benzene rings is 1. The molecule has 0 fully saturated rings. The predicted molar refractivity (Wildman–Crippen MR) is 80.8 cm³/mol. The second kappa shape index (κ2) is 6.48. The Morgan fingerprint density at radius 3 is 2.61 bits per heavy atom. The highest BCUT2D eigenvalue weighted by Crippen LogP contribution is 2.28. The SMILES string of the molecule is CC(O)CNCc1ccc(-c2ccc(Br)cc2)s1. The molecule has 0 aliphatic carbocycles. The lowest BCUT2D eigenvalue weighted by molar-refractivity contribution is 0.191. The molecule has 0 radical (unpaired) electrons. The van der Waals surface area contributed by atoms with Crippen molar-refractivity contribution in [1.29, 1.82) is 0 Å². The average Bonchev–Trinajstić information content (AvgIpc) is 2.78. The lowest BCUT2D eigenvalue weighted by Crippen LogP contribution is -2.23. The minimum absolute atomic E-state index is 0.295. The van der Waals surface area contributed by atoms with Crippen LogP contribution in [0.1, 0.15) is 11.8 Å². The van der Waals surface area contributed by atoms with E-state index in [1.807, 2.05) is 0 Å². The van der Waals surface area contributed by atoms with E-state index in [4.69, 9.17) is 0 Å². The van der Waals surface area contributed by atoms with Gasteiger partial charge < -0.3 is 10.4 Å². The third kappa shape index (κ3) is 3.92. The van der Waals surface area contributed by atoms with Gasteiger partial charge in [-0.3, -0.25) is 0 Å². The van der Waals surface area contributed by atoms with Gasteiger partial charge in [-0.25, -0.2) is 0 Å². The summed E-state index contributed by atoms with van der Waals surface area (Å²) in [5, 5.41) is 12.4. The highest BCUT2D eigenvalue weighted by Gasteiger charge is 2.03. The maximum atomic E-state index is 9.18. The second-order valence-electron chi connectivity index (χ2n) is 4.25. The lowest BCUT2D eigenvalue weighted by atomic mass is 10.2. The van der Waals surface area contributed by atoms with Crippen molar-refractivity contribution in [3.8, 4) is 10.4 Å². The Morgan fingerprint density at radius 1 is 1.22 bits per heavy atom. The number of hydrogen-bond acceptors (Lipinski definition) is 3. The van der Waals surface area contributed by atoms with Crippen molar-refractivity contribution >= 4 is 27.3 Å². The van der Waals surface area contributed by atoms with Gasteiger partial charge in [0.25, 0.3) is 0 Å². The van der Waals surface area contributed by atoms with Crippen LogP contribution in [0.15, 0.2) is 40.9 Å². The van der Waals surface area contributed by atoms with Crippen LogP contribution in [0.4, 0.5) is 0 Å². The van der Waals surface area contributed by atoms with Crippen LogP contribution >= 0.6 is 27.3 Å². The lowest BCUT2D eigenvalue weighted by Gasteiger charge is -2.04. The third-order valence-corrected chi connectivity index (χ3v) is 4.19. The number of aliphatic hydroxyl groups excluding tert-OH is 1. The van der Waals surface area contributed by atoms with Crippen molar-refractivity contribution in [2.45, 2.75) is 19.6 Å². The first-order chi connectivity index (χ1) is 8.65. The Kier molecular flexibility index (Phi) is 4.95. The van der Waals surface area contributed by atoms with Gasteiger partial charge in [-0.2, -0.15) is 0 Å². The van der Waals surface area contributed by atoms with E-state index in [1.165, 1.54) is 15.3 Å². The highest BCUT2D eigenvalue weighted by molar-refractivity contribution is 9.10. The molecule has 0 aliphatic heterocycles. The van der Waals surface area contributed by atoms with Gasteiger partial charge in [-0.1, -0.05) is 28.1 Å². The molecular weight excluding hydrogens is 310 g/mol. The molecule has 1 atom stereocenters. The summed E-state index contributed by atoms with van der Waals surface area (Å²) >= 11 is 5.22. The van der Waals surface area contributed by atoms with E-state index in [0.717, 1.165) is 11.0 Å². The first kappa shape index (κ1) is 13.7. The van der Waals surface area contributed by atoms with Gasteiger partial charge >= 0.3 is 0 Å². The van der Waals surface area contributed by atoms with Gasteiger partial charge in [0.15, 0.2) is 0 Å². The zero-order valence-electron chi connectivity index (χ0n) is 10.2. The Labute approximate surface area is 120 Å². The Hall–Kier alpha value is -0.680. The summed E-state index contributed by atoms with van der Waals surface area (Å²) in [5.41, 5.74) is 1.24. The number of halogens is 1. The van der Waals surface area contributed by atoms with Gasteiger partial charge in [0.2, 0.25) is 0 Å². The first-order valence-electron chi connectivity index (χ1n) is 5.88. The van der Waals surface area contributed by atoms with Crippen LogP contribution in [-0.4, -0.2) is 17.8 Å². The van der Waals surface area contributed by atoms with E-state index in [1.54, 1.807) is 18.3 Å². The van der Waals surface area contributed by atoms with Crippen molar-refractivity contribution in [1.82, 2.24) is 5.32 Å². The van der Waals surface area contributed by atoms with Gasteiger partial charge in [0.1, 0.15) is 0 Å². The molecule has 0 saturated carbocycles. The van der Waals surface area contributed by atoms with Crippen molar-refractivity contribution in [3.63, 3.8) is 0 Å². The van der Waals surface area contributed by atoms with Crippen molar-refractivity contribution < 1.29 is 5.11 Å². The molecule has 0 aliphatic rings. The molecule has 4 heteroatoms. The van der Waals surface area contributed by atoms with E-state index in [-0.39, 0.29) is 6.10 Å². The van der Waals surface area contributed by atoms with Crippen LogP contribution in [0.25, 0.3) is 10.4 Å². The quantitative estimate of drug-likeness (QED) is 0.879. The van der Waals surface area contributed by atoms with Crippen LogP contribution in [0, 0.1) is 0 Å². The van der Waals surface area contributed by atoms with Gasteiger partial charge in [0, 0.05) is 27.3 Å². The molecule has 0 amide bonds. The van der Waals surface area contributed by atoms with Crippen molar-refractivity contribution in [2.24, 2.45) is 0 Å². The Balaban J connectivity index is 1.99. The Morgan fingerprint density at radius 2 is 1.94 bits per heavy atom. The molecule has 1 unspecified atom stereocenters. The fourth-order valence-corrected chi connectivity index (χ4v) is 2.89. The molecule has 2 aromatic rings. The van der Waals surface area contributed by atoms with E-state index in [2.05, 4.69) is 57.6 Å². The molecule has 96 valence electrons. The van der Waals surface area contributed by atoms with Crippen LogP contribution < -0.4 is 5.32 Å². The summed E-state index contributed by atoms with van der Waals surface area (Å²) in [6.07, 6.45) is -0.295. The summed E-state index contributed by atoms with van der Waals surface area (Å²) in [4.78, 5) is 2.56. The summed E-state index contributed by atoms with van der Waals surface area (Å²) < 4.78 is 1.10. The topological polar surface area (TPSA) is 32.3 Å². The molecule has 0 bridgehead atoms. The number of nitrogens with one attached hydrogen (secondary N) is 1. The predicted octanol–water partition coefficient (Wildman–Crippen LogP) is 3.65. The minimum Gasteiger partial charge on any atom is -0.392 e. The van der Waals surface area contributed by atoms with Crippen LogP contribution in [-0.2, 0) is 6.54 Å². The molecular formula is C14H16BrNOS. The smallest absolute Gasteiger partial charge is 0.0636 e. The van der Waals surface area contributed by atoms with E-state index in [9.17, 15) is 5.11 Å². The van der Waals surface area contributed by atoms with Gasteiger partial charge in [-0.15, -0.1) is 11.3 Å². The monoisotopic (exact) mass is 325 g/mol. The molecule has 2 nitrogen and oxygen atoms in total. The van der Waals surface area contributed by atoms with Gasteiger partial charge in [0.05, 0.1) is 6.10 Å². The summed E-state index contributed by atoms with van der Waals surface area (Å²) in [6, 6.07) is 12.6. The molecule has 0 spiro atoms. The maximum absolute atomic E-state index is 9.18. The summed E-state index contributed by atoms with van der Waals surface area (Å²) in [5.74, 6) is 0. The fourth-order valence-electron chi connectivity index (χ4n) is 1.65. The second-order valence-corrected chi connectivity index (χ2v) is 6.34. The van der Waals surface area contributed by atoms with Crippen LogP contribution in [0.2, 0.25) is 0 Å². The average molecular weight is 326 g/mol. The highest BCUT2D eigenvalue weighted by atomic mass is 79.9. The summed E-state index contributed by atoms with van der Waals surface area (Å²) in [7, 11) is 0. The summed E-state index contributed by atoms with van der Waals surface area (Å²) in [6.45, 7) is 3.23. The van der Waals surface area contributed by atoms with E-state index >= 15 is 0 Å². The van der Waals surface area contributed by atoms with Crippen molar-refractivity contribution in [3.05, 3.63) is 45.7 Å². The largest absolute Gasteiger partial charge is 0.392 e. The Bertz CT molecular complexity index is 493. The zero-order valence-corrected chi connectivity index (χ0v) is 12.6. The fraction of sp³-hybridized carbons (Fsp3) is 0.286. The molecule has 0 saturated heterocycles. The number of rotatable bonds is 5.